The number of benzene rings is 1. The second-order valence-electron chi connectivity index (χ2n) is 5.45. The summed E-state index contributed by atoms with van der Waals surface area (Å²) in [5, 5.41) is 15.1. The zero-order valence-electron chi connectivity index (χ0n) is 14.9. The fourth-order valence-electron chi connectivity index (χ4n) is 2.00. The number of nitrogens with one attached hydrogen (secondary N) is 4. The van der Waals surface area contributed by atoms with E-state index in [-0.39, 0.29) is 24.3 Å². The molecule has 0 aliphatic carbocycles. The van der Waals surface area contributed by atoms with Gasteiger partial charge in [0.1, 0.15) is 0 Å². The number of halogens is 1. The molecule has 0 saturated carbocycles. The van der Waals surface area contributed by atoms with Gasteiger partial charge in [0.25, 0.3) is 5.91 Å². The van der Waals surface area contributed by atoms with Crippen molar-refractivity contribution in [1.82, 2.24) is 10.3 Å². The van der Waals surface area contributed by atoms with Crippen molar-refractivity contribution in [2.75, 3.05) is 28.6 Å². The molecule has 2 rings (SSSR count). The van der Waals surface area contributed by atoms with Crippen LogP contribution in [-0.2, 0) is 15.8 Å². The third kappa shape index (κ3) is 8.78. The Hall–Kier alpha value is -2.02. The third-order valence-corrected chi connectivity index (χ3v) is 5.41. The van der Waals surface area contributed by atoms with E-state index in [2.05, 4.69) is 20.3 Å². The molecule has 1 heterocycles. The average Bonchev–Trinajstić information content (AvgIpc) is 2.99. The quantitative estimate of drug-likeness (QED) is 0.216. The second kappa shape index (κ2) is 11.1. The largest absolute Gasteiger partial charge is 0.370 e. The van der Waals surface area contributed by atoms with E-state index in [0.717, 1.165) is 11.9 Å². The van der Waals surface area contributed by atoms with Crippen molar-refractivity contribution in [2.24, 2.45) is 5.73 Å². The molecule has 9 nitrogen and oxygen atoms in total. The van der Waals surface area contributed by atoms with Crippen molar-refractivity contribution >= 4 is 68.2 Å². The minimum atomic E-state index is -3.39. The molecule has 2 aromatic rings. The number of carbonyl (C=O) groups is 1. The number of anilines is 2. The van der Waals surface area contributed by atoms with Crippen LogP contribution in [0.4, 0.5) is 10.8 Å². The second-order valence-corrected chi connectivity index (χ2v) is 9.16. The molecule has 0 unspecified atom stereocenters. The molecule has 154 valence electrons. The summed E-state index contributed by atoms with van der Waals surface area (Å²) in [6.45, 7) is 0.468. The van der Waals surface area contributed by atoms with E-state index in [0.29, 0.717) is 34.4 Å². The molecule has 28 heavy (non-hydrogen) atoms. The summed E-state index contributed by atoms with van der Waals surface area (Å²) in [4.78, 5) is 16.4. The number of hydrogen-bond donors (Lipinski definition) is 5. The van der Waals surface area contributed by atoms with Gasteiger partial charge in [-0.05, 0) is 18.2 Å². The molecule has 1 aromatic carbocycles. The summed E-state index contributed by atoms with van der Waals surface area (Å²) in [7, 11) is -3.39. The van der Waals surface area contributed by atoms with Crippen molar-refractivity contribution in [1.29, 1.82) is 5.41 Å². The number of nitrogens with zero attached hydrogens (tertiary/aromatic N) is 1. The van der Waals surface area contributed by atoms with Gasteiger partial charge in [0, 0.05) is 34.7 Å². The van der Waals surface area contributed by atoms with Gasteiger partial charge in [0.05, 0.1) is 11.9 Å². The van der Waals surface area contributed by atoms with Crippen LogP contribution in [0.5, 0.6) is 0 Å². The van der Waals surface area contributed by atoms with Crippen molar-refractivity contribution in [2.45, 2.75) is 5.75 Å². The standard InChI is InChI=1S/C15H20N6O3S3.ClH/c1-27(23,24)21-11-4-2-3-10(7-11)13(22)18-5-6-25-8-12-9-26-15(19-12)20-14(16)17;/h2-4,7,9,21H,5-6,8H2,1H3,(H,18,22)(H4,16,17,19,20);1H. The molecular weight excluding hydrogens is 444 g/mol. The number of carbonyl (C=O) groups excluding carboxylic acids is 1. The van der Waals surface area contributed by atoms with Gasteiger partial charge in [0.15, 0.2) is 11.1 Å². The minimum absolute atomic E-state index is 0. The highest BCUT2D eigenvalue weighted by Crippen LogP contribution is 2.19. The molecule has 0 aliphatic heterocycles. The number of guanidine groups is 1. The Labute approximate surface area is 177 Å². The van der Waals surface area contributed by atoms with Crippen molar-refractivity contribution in [3.05, 3.63) is 40.9 Å². The van der Waals surface area contributed by atoms with Gasteiger partial charge in [0.2, 0.25) is 10.0 Å². The highest BCUT2D eigenvalue weighted by atomic mass is 35.5. The topological polar surface area (TPSA) is 150 Å². The third-order valence-electron chi connectivity index (χ3n) is 3.00. The molecule has 0 saturated heterocycles. The maximum atomic E-state index is 12.2. The van der Waals surface area contributed by atoms with Gasteiger partial charge >= 0.3 is 0 Å². The van der Waals surface area contributed by atoms with Crippen LogP contribution < -0.4 is 21.1 Å². The number of thioether (sulfide) groups is 1. The average molecular weight is 465 g/mol. The Morgan fingerprint density at radius 2 is 2.14 bits per heavy atom. The number of thiazole rings is 1. The molecule has 0 fully saturated rings. The number of rotatable bonds is 9. The summed E-state index contributed by atoms with van der Waals surface area (Å²) in [6, 6.07) is 6.31. The Morgan fingerprint density at radius 3 is 2.82 bits per heavy atom. The van der Waals surface area contributed by atoms with Gasteiger partial charge in [-0.25, -0.2) is 13.4 Å². The fourth-order valence-corrected chi connectivity index (χ4v) is 4.13. The monoisotopic (exact) mass is 464 g/mol. The van der Waals surface area contributed by atoms with Gasteiger partial charge in [-0.2, -0.15) is 11.8 Å². The lowest BCUT2D eigenvalue weighted by Gasteiger charge is -2.08. The first kappa shape index (κ1) is 24.0. The molecule has 0 atom stereocenters. The van der Waals surface area contributed by atoms with Crippen LogP contribution >= 0.6 is 35.5 Å². The van der Waals surface area contributed by atoms with Crippen LogP contribution in [0.3, 0.4) is 0 Å². The van der Waals surface area contributed by atoms with Gasteiger partial charge in [-0.15, -0.1) is 23.7 Å². The fraction of sp³-hybridized carbons (Fsp3) is 0.267. The minimum Gasteiger partial charge on any atom is -0.370 e. The molecule has 0 radical (unpaired) electrons. The number of aromatic nitrogens is 1. The first-order chi connectivity index (χ1) is 12.7. The van der Waals surface area contributed by atoms with Gasteiger partial charge in [-0.1, -0.05) is 6.07 Å². The van der Waals surface area contributed by atoms with E-state index in [1.807, 2.05) is 5.38 Å². The molecule has 0 spiro atoms. The number of nitrogens with two attached hydrogens (primary N) is 1. The van der Waals surface area contributed by atoms with E-state index < -0.39 is 10.0 Å². The van der Waals surface area contributed by atoms with E-state index in [1.165, 1.54) is 17.4 Å². The van der Waals surface area contributed by atoms with Crippen LogP contribution in [0.2, 0.25) is 0 Å². The van der Waals surface area contributed by atoms with Crippen LogP contribution in [0.1, 0.15) is 16.1 Å². The molecule has 1 aromatic heterocycles. The zero-order valence-corrected chi connectivity index (χ0v) is 18.2. The maximum absolute atomic E-state index is 12.2. The van der Waals surface area contributed by atoms with Crippen LogP contribution in [0.15, 0.2) is 29.6 Å². The number of sulfonamides is 1. The SMILES string of the molecule is CS(=O)(=O)Nc1cccc(C(=O)NCCSCc2csc(NC(=N)N)n2)c1.Cl. The van der Waals surface area contributed by atoms with E-state index in [1.54, 1.807) is 30.0 Å². The Kier molecular flexibility index (Phi) is 9.52. The summed E-state index contributed by atoms with van der Waals surface area (Å²) in [5.41, 5.74) is 6.85. The van der Waals surface area contributed by atoms with Crippen LogP contribution in [0.25, 0.3) is 0 Å². The smallest absolute Gasteiger partial charge is 0.251 e. The van der Waals surface area contributed by atoms with Crippen LogP contribution in [-0.4, -0.2) is 43.8 Å². The number of hydrogen-bond acceptors (Lipinski definition) is 7. The van der Waals surface area contributed by atoms with Crippen molar-refractivity contribution < 1.29 is 13.2 Å². The van der Waals surface area contributed by atoms with E-state index in [9.17, 15) is 13.2 Å². The van der Waals surface area contributed by atoms with Crippen LogP contribution in [0, 0.1) is 5.41 Å². The molecule has 1 amide bonds. The first-order valence-corrected chi connectivity index (χ1v) is 11.6. The molecule has 6 N–H and O–H groups in total. The predicted molar refractivity (Wildman–Crippen MR) is 118 cm³/mol. The predicted octanol–water partition coefficient (Wildman–Crippen LogP) is 1.90. The Bertz CT molecular complexity index is 919. The lowest BCUT2D eigenvalue weighted by molar-refractivity contribution is 0.0956. The van der Waals surface area contributed by atoms with Gasteiger partial charge in [-0.3, -0.25) is 14.9 Å². The normalized spacial score (nSPS) is 10.6. The lowest BCUT2D eigenvalue weighted by Crippen LogP contribution is -2.25. The van der Waals surface area contributed by atoms with E-state index in [4.69, 9.17) is 11.1 Å². The molecule has 0 aliphatic rings. The number of amides is 1. The van der Waals surface area contributed by atoms with Crippen molar-refractivity contribution in [3.8, 4) is 0 Å². The maximum Gasteiger partial charge on any atom is 0.251 e. The van der Waals surface area contributed by atoms with Crippen molar-refractivity contribution in [3.63, 3.8) is 0 Å². The molecule has 13 heteroatoms. The Balaban J connectivity index is 0.00000392. The summed E-state index contributed by atoms with van der Waals surface area (Å²) in [5.74, 6) is 0.955. The first-order valence-electron chi connectivity index (χ1n) is 7.72. The highest BCUT2D eigenvalue weighted by molar-refractivity contribution is 7.98. The van der Waals surface area contributed by atoms with Gasteiger partial charge < -0.3 is 16.4 Å². The zero-order chi connectivity index (χ0) is 19.9. The highest BCUT2D eigenvalue weighted by Gasteiger charge is 2.08. The Morgan fingerprint density at radius 1 is 1.39 bits per heavy atom. The molecule has 0 bridgehead atoms. The summed E-state index contributed by atoms with van der Waals surface area (Å²) >= 11 is 2.99. The summed E-state index contributed by atoms with van der Waals surface area (Å²) < 4.78 is 24.9. The lowest BCUT2D eigenvalue weighted by atomic mass is 10.2. The summed E-state index contributed by atoms with van der Waals surface area (Å²) in [6.07, 6.45) is 1.05. The molecular formula is C15H21ClN6O3S3. The van der Waals surface area contributed by atoms with E-state index >= 15 is 0 Å².